The second kappa shape index (κ2) is 3.81. The van der Waals surface area contributed by atoms with E-state index >= 15 is 0 Å². The first-order valence-electron chi connectivity index (χ1n) is 3.82. The largest absolute Gasteiger partial charge is 0.387 e. The van der Waals surface area contributed by atoms with E-state index in [0.717, 1.165) is 4.88 Å². The van der Waals surface area contributed by atoms with E-state index in [4.69, 9.17) is 18.0 Å². The molecule has 0 saturated heterocycles. The standard InChI is InChI=1S/C7H7N5S2/c8-6(13)7-10-3-12(11-7)2-5-1-9-4-14-5/h1,3-4H,2H2,(H2,8,13). The van der Waals surface area contributed by atoms with Crippen molar-refractivity contribution < 1.29 is 0 Å². The number of rotatable bonds is 3. The quantitative estimate of drug-likeness (QED) is 0.766. The van der Waals surface area contributed by atoms with E-state index in [9.17, 15) is 0 Å². The molecule has 7 heteroatoms. The van der Waals surface area contributed by atoms with Crippen LogP contribution in [-0.2, 0) is 6.54 Å². The molecular formula is C7H7N5S2. The zero-order valence-electron chi connectivity index (χ0n) is 7.12. The fourth-order valence-corrected chi connectivity index (χ4v) is 1.64. The Hall–Kier alpha value is -1.34. The molecule has 0 spiro atoms. The summed E-state index contributed by atoms with van der Waals surface area (Å²) in [6.45, 7) is 0.653. The van der Waals surface area contributed by atoms with Crippen LogP contribution in [0.4, 0.5) is 0 Å². The summed E-state index contributed by atoms with van der Waals surface area (Å²) in [7, 11) is 0. The van der Waals surface area contributed by atoms with Gasteiger partial charge in [0.05, 0.1) is 12.1 Å². The topological polar surface area (TPSA) is 69.6 Å². The summed E-state index contributed by atoms with van der Waals surface area (Å²) in [5.74, 6) is 0.407. The fourth-order valence-electron chi connectivity index (χ4n) is 0.964. The molecule has 0 fully saturated rings. The highest BCUT2D eigenvalue weighted by Crippen LogP contribution is 2.06. The third-order valence-corrected chi connectivity index (χ3v) is 2.51. The lowest BCUT2D eigenvalue weighted by Gasteiger charge is -1.94. The third-order valence-electron chi connectivity index (χ3n) is 1.56. The van der Waals surface area contributed by atoms with Crippen LogP contribution in [0, 0.1) is 0 Å². The Morgan fingerprint density at radius 2 is 2.50 bits per heavy atom. The van der Waals surface area contributed by atoms with Gasteiger partial charge in [0.1, 0.15) is 11.3 Å². The maximum absolute atomic E-state index is 5.38. The molecule has 14 heavy (non-hydrogen) atoms. The van der Waals surface area contributed by atoms with Gasteiger partial charge in [-0.3, -0.25) is 4.98 Å². The van der Waals surface area contributed by atoms with Gasteiger partial charge in [-0.05, 0) is 0 Å². The number of nitrogens with zero attached hydrogens (tertiary/aromatic N) is 4. The van der Waals surface area contributed by atoms with Crippen LogP contribution in [0.2, 0.25) is 0 Å². The van der Waals surface area contributed by atoms with Gasteiger partial charge in [-0.2, -0.15) is 0 Å². The van der Waals surface area contributed by atoms with Gasteiger partial charge in [-0.1, -0.05) is 12.2 Å². The van der Waals surface area contributed by atoms with Gasteiger partial charge in [-0.15, -0.1) is 16.4 Å². The number of hydrogen-bond donors (Lipinski definition) is 1. The zero-order chi connectivity index (χ0) is 9.97. The molecule has 0 atom stereocenters. The average molecular weight is 225 g/mol. The molecule has 2 aromatic rings. The van der Waals surface area contributed by atoms with Gasteiger partial charge in [0.25, 0.3) is 0 Å². The summed E-state index contributed by atoms with van der Waals surface area (Å²) in [6.07, 6.45) is 3.40. The maximum Gasteiger partial charge on any atom is 0.208 e. The van der Waals surface area contributed by atoms with Crippen molar-refractivity contribution in [2.24, 2.45) is 5.73 Å². The second-order valence-electron chi connectivity index (χ2n) is 2.60. The molecule has 5 nitrogen and oxygen atoms in total. The van der Waals surface area contributed by atoms with Gasteiger partial charge >= 0.3 is 0 Å². The van der Waals surface area contributed by atoms with E-state index in [-0.39, 0.29) is 4.99 Å². The number of thiocarbonyl (C=S) groups is 1. The molecule has 2 N–H and O–H groups in total. The molecule has 2 aromatic heterocycles. The van der Waals surface area contributed by atoms with E-state index in [0.29, 0.717) is 12.4 Å². The Balaban J connectivity index is 2.14. The van der Waals surface area contributed by atoms with Crippen molar-refractivity contribution in [3.05, 3.63) is 28.7 Å². The van der Waals surface area contributed by atoms with Crippen LogP contribution in [0.15, 0.2) is 18.0 Å². The van der Waals surface area contributed by atoms with Crippen LogP contribution < -0.4 is 5.73 Å². The summed E-state index contributed by atoms with van der Waals surface area (Å²) in [6, 6.07) is 0. The molecule has 0 bridgehead atoms. The molecule has 0 aromatic carbocycles. The van der Waals surface area contributed by atoms with E-state index in [2.05, 4.69) is 15.1 Å². The van der Waals surface area contributed by atoms with Crippen LogP contribution in [-0.4, -0.2) is 24.7 Å². The molecule has 0 saturated carbocycles. The summed E-state index contributed by atoms with van der Waals surface area (Å²) >= 11 is 6.32. The van der Waals surface area contributed by atoms with Crippen LogP contribution in [0.1, 0.15) is 10.7 Å². The Morgan fingerprint density at radius 3 is 3.07 bits per heavy atom. The maximum atomic E-state index is 5.38. The Morgan fingerprint density at radius 1 is 1.64 bits per heavy atom. The molecular weight excluding hydrogens is 218 g/mol. The minimum Gasteiger partial charge on any atom is -0.387 e. The molecule has 0 aliphatic rings. The number of nitrogens with two attached hydrogens (primary N) is 1. The third kappa shape index (κ3) is 1.94. The summed E-state index contributed by atoms with van der Waals surface area (Å²) in [4.78, 5) is 9.26. The summed E-state index contributed by atoms with van der Waals surface area (Å²) < 4.78 is 1.68. The highest BCUT2D eigenvalue weighted by atomic mass is 32.1. The average Bonchev–Trinajstić information content (AvgIpc) is 2.75. The number of hydrogen-bond acceptors (Lipinski definition) is 5. The van der Waals surface area contributed by atoms with Crippen molar-refractivity contribution in [1.82, 2.24) is 19.7 Å². The Bertz CT molecular complexity index is 433. The van der Waals surface area contributed by atoms with Crippen LogP contribution in [0.3, 0.4) is 0 Å². The molecule has 72 valence electrons. The molecule has 0 aliphatic heterocycles. The van der Waals surface area contributed by atoms with Crippen molar-refractivity contribution in [3.63, 3.8) is 0 Å². The van der Waals surface area contributed by atoms with Crippen molar-refractivity contribution in [1.29, 1.82) is 0 Å². The van der Waals surface area contributed by atoms with Crippen molar-refractivity contribution >= 4 is 28.5 Å². The Kier molecular flexibility index (Phi) is 2.51. The first-order valence-corrected chi connectivity index (χ1v) is 5.11. The van der Waals surface area contributed by atoms with Gasteiger partial charge in [-0.25, -0.2) is 9.67 Å². The van der Waals surface area contributed by atoms with Crippen molar-refractivity contribution in [2.75, 3.05) is 0 Å². The summed E-state index contributed by atoms with van der Waals surface area (Å²) in [5.41, 5.74) is 7.16. The molecule has 2 heterocycles. The predicted molar refractivity (Wildman–Crippen MR) is 57.1 cm³/mol. The zero-order valence-corrected chi connectivity index (χ0v) is 8.75. The van der Waals surface area contributed by atoms with E-state index in [1.165, 1.54) is 0 Å². The van der Waals surface area contributed by atoms with Crippen LogP contribution >= 0.6 is 23.6 Å². The van der Waals surface area contributed by atoms with E-state index in [1.54, 1.807) is 34.1 Å². The van der Waals surface area contributed by atoms with Crippen LogP contribution in [0.25, 0.3) is 0 Å². The van der Waals surface area contributed by atoms with Gasteiger partial charge < -0.3 is 5.73 Å². The molecule has 0 unspecified atom stereocenters. The SMILES string of the molecule is NC(=S)c1ncn(Cc2cncs2)n1. The minimum atomic E-state index is 0.216. The lowest BCUT2D eigenvalue weighted by atomic mass is 10.5. The first kappa shape index (κ1) is 9.22. The second-order valence-corrected chi connectivity index (χ2v) is 4.01. The van der Waals surface area contributed by atoms with Gasteiger partial charge in [0, 0.05) is 11.1 Å². The van der Waals surface area contributed by atoms with Gasteiger partial charge in [0.2, 0.25) is 5.82 Å². The highest BCUT2D eigenvalue weighted by Gasteiger charge is 2.03. The van der Waals surface area contributed by atoms with E-state index < -0.39 is 0 Å². The molecule has 0 amide bonds. The number of aromatic nitrogens is 4. The molecule has 2 rings (SSSR count). The number of thiazole rings is 1. The van der Waals surface area contributed by atoms with Gasteiger partial charge in [0.15, 0.2) is 0 Å². The minimum absolute atomic E-state index is 0.216. The fraction of sp³-hybridized carbons (Fsp3) is 0.143. The van der Waals surface area contributed by atoms with E-state index in [1.807, 2.05) is 0 Å². The Labute approximate surface area is 89.6 Å². The lowest BCUT2D eigenvalue weighted by Crippen LogP contribution is -2.12. The summed E-state index contributed by atoms with van der Waals surface area (Å²) in [5, 5.41) is 4.10. The first-order chi connectivity index (χ1) is 6.75. The van der Waals surface area contributed by atoms with Crippen molar-refractivity contribution in [2.45, 2.75) is 6.54 Å². The predicted octanol–water partition coefficient (Wildman–Crippen LogP) is 0.417. The van der Waals surface area contributed by atoms with Crippen molar-refractivity contribution in [3.8, 4) is 0 Å². The highest BCUT2D eigenvalue weighted by molar-refractivity contribution is 7.80. The normalized spacial score (nSPS) is 10.3. The monoisotopic (exact) mass is 225 g/mol. The lowest BCUT2D eigenvalue weighted by molar-refractivity contribution is 0.690. The van der Waals surface area contributed by atoms with Crippen LogP contribution in [0.5, 0.6) is 0 Å². The smallest absolute Gasteiger partial charge is 0.208 e. The molecule has 0 radical (unpaired) electrons. The molecule has 0 aliphatic carbocycles.